The Labute approximate surface area is 76.0 Å². The van der Waals surface area contributed by atoms with E-state index in [1.807, 2.05) is 0 Å². The minimum absolute atomic E-state index is 0.0288. The van der Waals surface area contributed by atoms with Crippen LogP contribution in [0.5, 0.6) is 0 Å². The molecule has 0 saturated carbocycles. The molecule has 0 unspecified atom stereocenters. The highest BCUT2D eigenvalue weighted by molar-refractivity contribution is 5.98. The Morgan fingerprint density at radius 2 is 2.31 bits per heavy atom. The summed E-state index contributed by atoms with van der Waals surface area (Å²) in [6.45, 7) is 1.40. The fourth-order valence-electron chi connectivity index (χ4n) is 0.835. The van der Waals surface area contributed by atoms with E-state index in [2.05, 4.69) is 10.3 Å². The lowest BCUT2D eigenvalue weighted by atomic mass is 10.2. The molecule has 0 radical (unpaired) electrons. The molecule has 1 aromatic heterocycles. The summed E-state index contributed by atoms with van der Waals surface area (Å²) < 4.78 is 0. The summed E-state index contributed by atoms with van der Waals surface area (Å²) in [5.74, 6) is -0.347. The van der Waals surface area contributed by atoms with E-state index >= 15 is 0 Å². The van der Waals surface area contributed by atoms with Crippen LogP contribution in [0.4, 0.5) is 0 Å². The summed E-state index contributed by atoms with van der Waals surface area (Å²) in [5.41, 5.74) is 0.510. The van der Waals surface area contributed by atoms with Crippen LogP contribution in [-0.4, -0.2) is 23.2 Å². The minimum Gasteiger partial charge on any atom is -0.349 e. The van der Waals surface area contributed by atoms with Crippen molar-refractivity contribution in [3.05, 3.63) is 30.1 Å². The van der Waals surface area contributed by atoms with Gasteiger partial charge in [0.25, 0.3) is 0 Å². The summed E-state index contributed by atoms with van der Waals surface area (Å²) in [6.07, 6.45) is 3.07. The van der Waals surface area contributed by atoms with E-state index in [-0.39, 0.29) is 18.2 Å². The number of hydrogen-bond acceptors (Lipinski definition) is 3. The van der Waals surface area contributed by atoms with Gasteiger partial charge in [-0.15, -0.1) is 0 Å². The second-order valence-corrected chi connectivity index (χ2v) is 2.57. The van der Waals surface area contributed by atoms with Gasteiger partial charge in [-0.25, -0.2) is 0 Å². The van der Waals surface area contributed by atoms with Crippen LogP contribution in [0.3, 0.4) is 0 Å². The first kappa shape index (κ1) is 9.38. The first-order valence-corrected chi connectivity index (χ1v) is 3.88. The maximum atomic E-state index is 11.3. The van der Waals surface area contributed by atoms with Crippen molar-refractivity contribution in [2.75, 3.05) is 6.54 Å². The maximum absolute atomic E-state index is 11.3. The Morgan fingerprint density at radius 1 is 1.54 bits per heavy atom. The molecule has 1 N–H and O–H groups in total. The van der Waals surface area contributed by atoms with Crippen molar-refractivity contribution in [1.29, 1.82) is 0 Å². The van der Waals surface area contributed by atoms with Crippen molar-refractivity contribution in [2.45, 2.75) is 6.92 Å². The lowest BCUT2D eigenvalue weighted by molar-refractivity contribution is -0.118. The lowest BCUT2D eigenvalue weighted by Crippen LogP contribution is -2.27. The molecule has 0 aliphatic carbocycles. The van der Waals surface area contributed by atoms with Gasteiger partial charge in [-0.2, -0.15) is 0 Å². The average molecular weight is 178 g/mol. The Bertz CT molecular complexity index is 309. The topological polar surface area (TPSA) is 59.1 Å². The van der Waals surface area contributed by atoms with E-state index < -0.39 is 0 Å². The molecule has 0 aromatic carbocycles. The van der Waals surface area contributed by atoms with Crippen molar-refractivity contribution in [2.24, 2.45) is 0 Å². The second kappa shape index (κ2) is 4.35. The SMILES string of the molecule is CC(=O)NCC(=O)c1cccnc1. The fourth-order valence-corrected chi connectivity index (χ4v) is 0.835. The third-order valence-electron chi connectivity index (χ3n) is 1.48. The van der Waals surface area contributed by atoms with Gasteiger partial charge in [-0.3, -0.25) is 14.6 Å². The number of Topliss-reactive ketones (excluding diaryl/α,β-unsaturated/α-hetero) is 1. The number of hydrogen-bond donors (Lipinski definition) is 1. The quantitative estimate of drug-likeness (QED) is 0.681. The van der Waals surface area contributed by atoms with Crippen LogP contribution in [0.1, 0.15) is 17.3 Å². The molecule has 4 heteroatoms. The number of carbonyl (C=O) groups excluding carboxylic acids is 2. The summed E-state index contributed by atoms with van der Waals surface area (Å²) in [7, 11) is 0. The summed E-state index contributed by atoms with van der Waals surface area (Å²) >= 11 is 0. The smallest absolute Gasteiger partial charge is 0.217 e. The van der Waals surface area contributed by atoms with E-state index in [1.165, 1.54) is 13.1 Å². The molecule has 0 atom stereocenters. The minimum atomic E-state index is -0.211. The Morgan fingerprint density at radius 3 is 2.85 bits per heavy atom. The average Bonchev–Trinajstić information content (AvgIpc) is 2.15. The number of rotatable bonds is 3. The van der Waals surface area contributed by atoms with Crippen LogP contribution >= 0.6 is 0 Å². The van der Waals surface area contributed by atoms with Gasteiger partial charge >= 0.3 is 0 Å². The van der Waals surface area contributed by atoms with Gasteiger partial charge in [0.15, 0.2) is 5.78 Å². The molecule has 0 aliphatic heterocycles. The van der Waals surface area contributed by atoms with Crippen molar-refractivity contribution in [3.8, 4) is 0 Å². The van der Waals surface area contributed by atoms with Crippen LogP contribution in [0, 0.1) is 0 Å². The largest absolute Gasteiger partial charge is 0.349 e. The third kappa shape index (κ3) is 3.02. The molecule has 1 heterocycles. The van der Waals surface area contributed by atoms with E-state index in [9.17, 15) is 9.59 Å². The second-order valence-electron chi connectivity index (χ2n) is 2.57. The highest BCUT2D eigenvalue weighted by atomic mass is 16.2. The van der Waals surface area contributed by atoms with Crippen molar-refractivity contribution in [1.82, 2.24) is 10.3 Å². The molecule has 1 amide bonds. The van der Waals surface area contributed by atoms with Crippen LogP contribution in [0.15, 0.2) is 24.5 Å². The van der Waals surface area contributed by atoms with E-state index in [4.69, 9.17) is 0 Å². The molecule has 4 nitrogen and oxygen atoms in total. The summed E-state index contributed by atoms with van der Waals surface area (Å²) in [5, 5.41) is 2.43. The van der Waals surface area contributed by atoms with Crippen molar-refractivity contribution < 1.29 is 9.59 Å². The zero-order chi connectivity index (χ0) is 9.68. The van der Waals surface area contributed by atoms with E-state index in [0.717, 1.165) is 0 Å². The zero-order valence-electron chi connectivity index (χ0n) is 7.28. The normalized spacial score (nSPS) is 9.31. The number of pyridine rings is 1. The lowest BCUT2D eigenvalue weighted by Gasteiger charge is -2.00. The van der Waals surface area contributed by atoms with Gasteiger partial charge < -0.3 is 5.32 Å². The first-order valence-electron chi connectivity index (χ1n) is 3.88. The van der Waals surface area contributed by atoms with Crippen molar-refractivity contribution in [3.63, 3.8) is 0 Å². The number of ketones is 1. The van der Waals surface area contributed by atoms with Gasteiger partial charge in [0, 0.05) is 24.9 Å². The van der Waals surface area contributed by atoms with Gasteiger partial charge in [0.1, 0.15) is 0 Å². The molecular formula is C9H10N2O2. The Balaban J connectivity index is 2.54. The molecule has 0 spiro atoms. The number of nitrogens with one attached hydrogen (secondary N) is 1. The van der Waals surface area contributed by atoms with E-state index in [0.29, 0.717) is 5.56 Å². The Kier molecular flexibility index (Phi) is 3.14. The van der Waals surface area contributed by atoms with Gasteiger partial charge in [0.05, 0.1) is 6.54 Å². The summed E-state index contributed by atoms with van der Waals surface area (Å²) in [6, 6.07) is 3.35. The molecule has 0 bridgehead atoms. The van der Waals surface area contributed by atoms with E-state index in [1.54, 1.807) is 18.3 Å². The third-order valence-corrected chi connectivity index (χ3v) is 1.48. The summed E-state index contributed by atoms with van der Waals surface area (Å²) in [4.78, 5) is 25.6. The number of amides is 1. The van der Waals surface area contributed by atoms with Gasteiger partial charge in [-0.1, -0.05) is 0 Å². The zero-order valence-corrected chi connectivity index (χ0v) is 7.28. The molecule has 1 aromatic rings. The molecule has 68 valence electrons. The van der Waals surface area contributed by atoms with Crippen LogP contribution in [0.2, 0.25) is 0 Å². The predicted molar refractivity (Wildman–Crippen MR) is 47.3 cm³/mol. The first-order chi connectivity index (χ1) is 6.20. The highest BCUT2D eigenvalue weighted by Crippen LogP contribution is 1.95. The highest BCUT2D eigenvalue weighted by Gasteiger charge is 2.04. The molecule has 1 rings (SSSR count). The molecule has 0 aliphatic rings. The van der Waals surface area contributed by atoms with Crippen LogP contribution in [-0.2, 0) is 4.79 Å². The molecule has 13 heavy (non-hydrogen) atoms. The molecular weight excluding hydrogens is 168 g/mol. The van der Waals surface area contributed by atoms with Crippen molar-refractivity contribution >= 4 is 11.7 Å². The predicted octanol–water partition coefficient (Wildman–Crippen LogP) is 0.400. The Hall–Kier alpha value is -1.71. The number of aromatic nitrogens is 1. The molecule has 0 fully saturated rings. The van der Waals surface area contributed by atoms with Crippen LogP contribution in [0.25, 0.3) is 0 Å². The number of nitrogens with zero attached hydrogens (tertiary/aromatic N) is 1. The van der Waals surface area contributed by atoms with Gasteiger partial charge in [-0.05, 0) is 12.1 Å². The van der Waals surface area contributed by atoms with Gasteiger partial charge in [0.2, 0.25) is 5.91 Å². The van der Waals surface area contributed by atoms with Crippen LogP contribution < -0.4 is 5.32 Å². The number of carbonyl (C=O) groups is 2. The maximum Gasteiger partial charge on any atom is 0.217 e. The fraction of sp³-hybridized carbons (Fsp3) is 0.222. The standard InChI is InChI=1S/C9H10N2O2/c1-7(12)11-6-9(13)8-3-2-4-10-5-8/h2-5H,6H2,1H3,(H,11,12). The molecule has 0 saturated heterocycles. The monoisotopic (exact) mass is 178 g/mol.